The molecule has 0 aromatic heterocycles. The molecule has 1 N–H and O–H groups in total. The summed E-state index contributed by atoms with van der Waals surface area (Å²) in [5.41, 5.74) is 0. The first kappa shape index (κ1) is 11.9. The van der Waals surface area contributed by atoms with Gasteiger partial charge in [-0.25, -0.2) is 8.78 Å². The molecule has 9 heteroatoms. The SMILES string of the molecule is O=S(=O)(O)N(/C(F)=C/F)/C(F)=C/F. The first-order chi connectivity index (χ1) is 5.84. The molecule has 0 rings (SSSR count). The number of rotatable bonds is 3. The Labute approximate surface area is 70.6 Å². The lowest BCUT2D eigenvalue weighted by Gasteiger charge is -2.13. The molecule has 0 amide bonds. The highest BCUT2D eigenvalue weighted by Gasteiger charge is 2.27. The van der Waals surface area contributed by atoms with Gasteiger partial charge >= 0.3 is 10.3 Å². The van der Waals surface area contributed by atoms with E-state index in [2.05, 4.69) is 0 Å². The second-order valence-corrected chi connectivity index (χ2v) is 2.87. The quantitative estimate of drug-likeness (QED) is 0.447. The van der Waals surface area contributed by atoms with Gasteiger partial charge in [-0.1, -0.05) is 0 Å². The Balaban J connectivity index is 5.26. The molecule has 0 saturated carbocycles. The smallest absolute Gasteiger partial charge is 0.269 e. The van der Waals surface area contributed by atoms with E-state index in [-0.39, 0.29) is 0 Å². The maximum atomic E-state index is 12.2. The lowest BCUT2D eigenvalue weighted by molar-refractivity contribution is 0.315. The van der Waals surface area contributed by atoms with Gasteiger partial charge in [0.1, 0.15) is 12.7 Å². The zero-order chi connectivity index (χ0) is 10.6. The van der Waals surface area contributed by atoms with E-state index in [1.165, 1.54) is 0 Å². The summed E-state index contributed by atoms with van der Waals surface area (Å²) in [5, 5.41) is 0. The van der Waals surface area contributed by atoms with Crippen molar-refractivity contribution in [3.05, 3.63) is 24.6 Å². The van der Waals surface area contributed by atoms with Crippen LogP contribution in [-0.2, 0) is 10.3 Å². The van der Waals surface area contributed by atoms with Crippen molar-refractivity contribution < 1.29 is 30.5 Å². The van der Waals surface area contributed by atoms with Gasteiger partial charge in [0.25, 0.3) is 0 Å². The van der Waals surface area contributed by atoms with Crippen LogP contribution in [0, 0.1) is 0 Å². The van der Waals surface area contributed by atoms with E-state index < -0.39 is 39.2 Å². The Bertz CT molecular complexity index is 317. The van der Waals surface area contributed by atoms with Crippen molar-refractivity contribution in [2.75, 3.05) is 0 Å². The van der Waals surface area contributed by atoms with Crippen LogP contribution in [0.15, 0.2) is 24.6 Å². The van der Waals surface area contributed by atoms with Gasteiger partial charge < -0.3 is 0 Å². The Morgan fingerprint density at radius 2 is 1.46 bits per heavy atom. The fourth-order valence-electron chi connectivity index (χ4n) is 0.411. The van der Waals surface area contributed by atoms with Gasteiger partial charge in [-0.05, 0) is 0 Å². The van der Waals surface area contributed by atoms with Crippen molar-refractivity contribution in [3.63, 3.8) is 0 Å². The van der Waals surface area contributed by atoms with Crippen molar-refractivity contribution in [1.82, 2.24) is 4.31 Å². The summed E-state index contributed by atoms with van der Waals surface area (Å²) in [6.07, 6.45) is -1.92. The third-order valence-corrected chi connectivity index (χ3v) is 1.61. The molecule has 4 nitrogen and oxygen atoms in total. The minimum Gasteiger partial charge on any atom is -0.269 e. The molecule has 0 saturated heterocycles. The highest BCUT2D eigenvalue weighted by molar-refractivity contribution is 7.83. The fraction of sp³-hybridized carbons (Fsp3) is 0. The Hall–Kier alpha value is -1.09. The minimum absolute atomic E-state index is 0.961. The standard InChI is InChI=1S/C4H3F4NO3S/c5-1-3(7)9(4(8)2-6)13(10,11)12/h1-2H,(H,10,11,12)/b3-1+,4-2+. The maximum Gasteiger partial charge on any atom is 0.368 e. The number of nitrogens with zero attached hydrogens (tertiary/aromatic N) is 1. The van der Waals surface area contributed by atoms with Crippen molar-refractivity contribution in [3.8, 4) is 0 Å². The summed E-state index contributed by atoms with van der Waals surface area (Å²) in [7, 11) is -5.42. The van der Waals surface area contributed by atoms with Gasteiger partial charge in [-0.3, -0.25) is 4.55 Å². The summed E-state index contributed by atoms with van der Waals surface area (Å²) in [6.45, 7) is 0. The molecule has 0 heterocycles. The summed E-state index contributed by atoms with van der Waals surface area (Å²) in [5.74, 6) is -4.62. The second kappa shape index (κ2) is 4.23. The summed E-state index contributed by atoms with van der Waals surface area (Å²) in [4.78, 5) is 0. The maximum absolute atomic E-state index is 12.2. The highest BCUT2D eigenvalue weighted by Crippen LogP contribution is 2.19. The first-order valence-corrected chi connectivity index (χ1v) is 3.93. The zero-order valence-corrected chi connectivity index (χ0v) is 6.60. The van der Waals surface area contributed by atoms with Crippen LogP contribution >= 0.6 is 0 Å². The van der Waals surface area contributed by atoms with Gasteiger partial charge in [0, 0.05) is 0 Å². The highest BCUT2D eigenvalue weighted by atomic mass is 32.2. The van der Waals surface area contributed by atoms with E-state index in [0.717, 1.165) is 0 Å². The number of halogens is 4. The van der Waals surface area contributed by atoms with Crippen molar-refractivity contribution in [2.45, 2.75) is 0 Å². The van der Waals surface area contributed by atoms with E-state index in [9.17, 15) is 26.0 Å². The van der Waals surface area contributed by atoms with E-state index in [4.69, 9.17) is 4.55 Å². The molecular formula is C4H3F4NO3S. The van der Waals surface area contributed by atoms with E-state index in [1.54, 1.807) is 0 Å². The van der Waals surface area contributed by atoms with Crippen molar-refractivity contribution in [2.24, 2.45) is 0 Å². The van der Waals surface area contributed by atoms with Crippen molar-refractivity contribution in [1.29, 1.82) is 0 Å². The predicted octanol–water partition coefficient (Wildman–Crippen LogP) is 1.57. The van der Waals surface area contributed by atoms with Crippen LogP contribution in [0.5, 0.6) is 0 Å². The van der Waals surface area contributed by atoms with E-state index >= 15 is 0 Å². The zero-order valence-electron chi connectivity index (χ0n) is 5.79. The Kier molecular flexibility index (Phi) is 3.88. The topological polar surface area (TPSA) is 57.6 Å². The molecule has 0 aromatic rings. The van der Waals surface area contributed by atoms with Crippen LogP contribution in [-0.4, -0.2) is 17.3 Å². The molecule has 13 heavy (non-hydrogen) atoms. The Morgan fingerprint density at radius 3 is 1.62 bits per heavy atom. The average molecular weight is 221 g/mol. The third-order valence-electron chi connectivity index (χ3n) is 0.799. The molecule has 0 fully saturated rings. The van der Waals surface area contributed by atoms with Gasteiger partial charge in [0.2, 0.25) is 11.9 Å². The minimum atomic E-state index is -5.42. The molecule has 0 unspecified atom stereocenters. The monoisotopic (exact) mass is 221 g/mol. The molecule has 76 valence electrons. The molecule has 0 bridgehead atoms. The first-order valence-electron chi connectivity index (χ1n) is 2.54. The van der Waals surface area contributed by atoms with Crippen LogP contribution in [0.1, 0.15) is 0 Å². The lowest BCUT2D eigenvalue weighted by atomic mass is 10.8. The van der Waals surface area contributed by atoms with Crippen LogP contribution in [0.4, 0.5) is 17.6 Å². The largest absolute Gasteiger partial charge is 0.368 e. The molecule has 0 atom stereocenters. The summed E-state index contributed by atoms with van der Waals surface area (Å²) < 4.78 is 74.2. The molecule has 0 aliphatic heterocycles. The van der Waals surface area contributed by atoms with Gasteiger partial charge in [0.15, 0.2) is 0 Å². The van der Waals surface area contributed by atoms with Crippen LogP contribution in [0.25, 0.3) is 0 Å². The van der Waals surface area contributed by atoms with Gasteiger partial charge in [-0.15, -0.1) is 0 Å². The second-order valence-electron chi connectivity index (χ2n) is 1.61. The molecule has 0 aromatic carbocycles. The van der Waals surface area contributed by atoms with Gasteiger partial charge in [-0.2, -0.15) is 21.5 Å². The normalized spacial score (nSPS) is 14.5. The molecule has 0 spiro atoms. The van der Waals surface area contributed by atoms with Crippen LogP contribution < -0.4 is 0 Å². The fourth-order valence-corrected chi connectivity index (χ4v) is 0.932. The number of hydrogen-bond acceptors (Lipinski definition) is 2. The average Bonchev–Trinajstić information content (AvgIpc) is 2.01. The van der Waals surface area contributed by atoms with Crippen LogP contribution in [0.3, 0.4) is 0 Å². The molecule has 0 aliphatic carbocycles. The molecule has 0 aliphatic rings. The molecule has 0 radical (unpaired) electrons. The van der Waals surface area contributed by atoms with Crippen molar-refractivity contribution >= 4 is 10.3 Å². The van der Waals surface area contributed by atoms with E-state index in [1.807, 2.05) is 0 Å². The van der Waals surface area contributed by atoms with Gasteiger partial charge in [0.05, 0.1) is 0 Å². The lowest BCUT2D eigenvalue weighted by Crippen LogP contribution is -2.25. The third kappa shape index (κ3) is 3.03. The number of hydrogen-bond donors (Lipinski definition) is 1. The van der Waals surface area contributed by atoms with Crippen LogP contribution in [0.2, 0.25) is 0 Å². The Morgan fingerprint density at radius 1 is 1.15 bits per heavy atom. The molecular weight excluding hydrogens is 218 g/mol. The predicted molar refractivity (Wildman–Crippen MR) is 34.0 cm³/mol. The summed E-state index contributed by atoms with van der Waals surface area (Å²) >= 11 is 0. The van der Waals surface area contributed by atoms with E-state index in [0.29, 0.717) is 0 Å². The summed E-state index contributed by atoms with van der Waals surface area (Å²) in [6, 6.07) is 0.